The van der Waals surface area contributed by atoms with E-state index in [4.69, 9.17) is 9.47 Å². The van der Waals surface area contributed by atoms with Gasteiger partial charge in [-0.15, -0.1) is 5.10 Å². The lowest BCUT2D eigenvalue weighted by molar-refractivity contribution is -0.168. The number of carbonyl (C=O) groups is 1. The second kappa shape index (κ2) is 4.82. The lowest BCUT2D eigenvalue weighted by Crippen LogP contribution is -2.53. The molecular weight excluding hydrogens is 260 g/mol. The smallest absolute Gasteiger partial charge is 0.233 e. The number of rotatable bonds is 3. The van der Waals surface area contributed by atoms with Gasteiger partial charge in [0.05, 0.1) is 36.3 Å². The van der Waals surface area contributed by atoms with Crippen molar-refractivity contribution in [3.05, 3.63) is 11.9 Å². The highest BCUT2D eigenvalue weighted by molar-refractivity contribution is 5.83. The first-order valence-electron chi connectivity index (χ1n) is 6.79. The van der Waals surface area contributed by atoms with Gasteiger partial charge >= 0.3 is 0 Å². The molecule has 0 N–H and O–H groups in total. The van der Waals surface area contributed by atoms with Crippen molar-refractivity contribution in [2.75, 3.05) is 33.4 Å². The predicted molar refractivity (Wildman–Crippen MR) is 70.0 cm³/mol. The molecule has 110 valence electrons. The molecule has 2 atom stereocenters. The molecule has 3 rings (SSSR count). The minimum atomic E-state index is -0.366. The molecule has 2 aliphatic heterocycles. The van der Waals surface area contributed by atoms with Crippen molar-refractivity contribution < 1.29 is 14.3 Å². The van der Waals surface area contributed by atoms with E-state index in [9.17, 15) is 4.79 Å². The Balaban J connectivity index is 1.76. The van der Waals surface area contributed by atoms with Gasteiger partial charge in [-0.3, -0.25) is 9.48 Å². The summed E-state index contributed by atoms with van der Waals surface area (Å²) < 4.78 is 12.4. The third-order valence-corrected chi connectivity index (χ3v) is 4.21. The first-order valence-corrected chi connectivity index (χ1v) is 6.79. The highest BCUT2D eigenvalue weighted by Crippen LogP contribution is 2.34. The van der Waals surface area contributed by atoms with Gasteiger partial charge in [0, 0.05) is 33.4 Å². The molecule has 1 aromatic heterocycles. The van der Waals surface area contributed by atoms with Gasteiger partial charge in [0.1, 0.15) is 0 Å². The standard InChI is InChI=1S/C13H20N4O3/c1-13(7-20-8-13)12(18)17-4-9(11(6-17)19-3)10-5-16(2)15-14-10/h5,9,11H,4,6-8H2,1-3H3/t9-,11+/m0/s1. The number of aromatic nitrogens is 3. The van der Waals surface area contributed by atoms with E-state index in [0.717, 1.165) is 5.69 Å². The molecule has 0 radical (unpaired) electrons. The zero-order valence-electron chi connectivity index (χ0n) is 12.1. The van der Waals surface area contributed by atoms with Crippen LogP contribution < -0.4 is 0 Å². The SMILES string of the molecule is CO[C@@H]1CN(C(=O)C2(C)COC2)C[C@H]1c1cn(C)nn1. The van der Waals surface area contributed by atoms with E-state index < -0.39 is 0 Å². The molecule has 2 fully saturated rings. The quantitative estimate of drug-likeness (QED) is 0.766. The molecule has 0 spiro atoms. The number of ether oxygens (including phenoxy) is 2. The van der Waals surface area contributed by atoms with Crippen LogP contribution >= 0.6 is 0 Å². The van der Waals surface area contributed by atoms with E-state index in [0.29, 0.717) is 26.3 Å². The third-order valence-electron chi connectivity index (χ3n) is 4.21. The van der Waals surface area contributed by atoms with Crippen molar-refractivity contribution in [1.82, 2.24) is 19.9 Å². The van der Waals surface area contributed by atoms with Gasteiger partial charge in [-0.2, -0.15) is 0 Å². The minimum absolute atomic E-state index is 0.0276. The fraction of sp³-hybridized carbons (Fsp3) is 0.769. The topological polar surface area (TPSA) is 69.5 Å². The van der Waals surface area contributed by atoms with Crippen LogP contribution in [-0.4, -0.2) is 65.3 Å². The molecule has 0 saturated carbocycles. The van der Waals surface area contributed by atoms with Crippen molar-refractivity contribution >= 4 is 5.91 Å². The average molecular weight is 280 g/mol. The Morgan fingerprint density at radius 3 is 2.75 bits per heavy atom. The average Bonchev–Trinajstić information content (AvgIpc) is 3.00. The summed E-state index contributed by atoms with van der Waals surface area (Å²) in [5.74, 6) is 0.236. The van der Waals surface area contributed by atoms with Crippen LogP contribution in [0.2, 0.25) is 0 Å². The molecule has 7 heteroatoms. The third kappa shape index (κ3) is 2.10. The molecule has 7 nitrogen and oxygen atoms in total. The number of carbonyl (C=O) groups excluding carboxylic acids is 1. The molecule has 0 aromatic carbocycles. The number of amides is 1. The van der Waals surface area contributed by atoms with Crippen molar-refractivity contribution in [2.45, 2.75) is 18.9 Å². The van der Waals surface area contributed by atoms with Crippen LogP contribution in [0.4, 0.5) is 0 Å². The van der Waals surface area contributed by atoms with Gasteiger partial charge in [-0.1, -0.05) is 5.21 Å². The summed E-state index contributed by atoms with van der Waals surface area (Å²) in [4.78, 5) is 14.4. The summed E-state index contributed by atoms with van der Waals surface area (Å²) in [6, 6.07) is 0. The van der Waals surface area contributed by atoms with Crippen molar-refractivity contribution in [1.29, 1.82) is 0 Å². The van der Waals surface area contributed by atoms with Crippen LogP contribution in [-0.2, 0) is 21.3 Å². The Bertz CT molecular complexity index is 511. The van der Waals surface area contributed by atoms with Gasteiger partial charge in [-0.25, -0.2) is 0 Å². The molecule has 0 bridgehead atoms. The number of nitrogens with zero attached hydrogens (tertiary/aromatic N) is 4. The van der Waals surface area contributed by atoms with Crippen molar-refractivity contribution in [3.8, 4) is 0 Å². The van der Waals surface area contributed by atoms with E-state index in [2.05, 4.69) is 10.3 Å². The van der Waals surface area contributed by atoms with E-state index in [1.807, 2.05) is 25.1 Å². The zero-order valence-corrected chi connectivity index (χ0v) is 12.1. The number of hydrogen-bond donors (Lipinski definition) is 0. The molecule has 3 heterocycles. The molecule has 1 amide bonds. The first kappa shape index (κ1) is 13.5. The number of hydrogen-bond acceptors (Lipinski definition) is 5. The van der Waals surface area contributed by atoms with E-state index in [1.165, 1.54) is 0 Å². The molecule has 20 heavy (non-hydrogen) atoms. The maximum absolute atomic E-state index is 12.5. The maximum Gasteiger partial charge on any atom is 0.233 e. The Hall–Kier alpha value is -1.47. The zero-order chi connectivity index (χ0) is 14.3. The van der Waals surface area contributed by atoms with E-state index >= 15 is 0 Å². The fourth-order valence-electron chi connectivity index (χ4n) is 2.91. The van der Waals surface area contributed by atoms with Crippen molar-refractivity contribution in [2.24, 2.45) is 12.5 Å². The van der Waals surface area contributed by atoms with Gasteiger partial charge in [-0.05, 0) is 6.92 Å². The van der Waals surface area contributed by atoms with Gasteiger partial charge in [0.15, 0.2) is 0 Å². The molecule has 0 aliphatic carbocycles. The van der Waals surface area contributed by atoms with E-state index in [-0.39, 0.29) is 23.3 Å². The summed E-state index contributed by atoms with van der Waals surface area (Å²) in [6.45, 7) is 4.21. The highest BCUT2D eigenvalue weighted by Gasteiger charge is 2.47. The van der Waals surface area contributed by atoms with Crippen molar-refractivity contribution in [3.63, 3.8) is 0 Å². The maximum atomic E-state index is 12.5. The molecular formula is C13H20N4O3. The lowest BCUT2D eigenvalue weighted by atomic mass is 9.87. The van der Waals surface area contributed by atoms with Crippen LogP contribution in [0.25, 0.3) is 0 Å². The monoisotopic (exact) mass is 280 g/mol. The Kier molecular flexibility index (Phi) is 3.25. The Morgan fingerprint density at radius 2 is 2.25 bits per heavy atom. The van der Waals surface area contributed by atoms with Crippen LogP contribution in [0.1, 0.15) is 18.5 Å². The molecule has 2 aliphatic rings. The Labute approximate surface area is 117 Å². The van der Waals surface area contributed by atoms with Gasteiger partial charge in [0.25, 0.3) is 0 Å². The molecule has 1 aromatic rings. The summed E-state index contributed by atoms with van der Waals surface area (Å²) in [7, 11) is 3.51. The summed E-state index contributed by atoms with van der Waals surface area (Å²) in [6.07, 6.45) is 1.86. The predicted octanol–water partition coefficient (Wildman–Crippen LogP) is -0.208. The number of likely N-dealkylation sites (tertiary alicyclic amines) is 1. The normalized spacial score (nSPS) is 28.4. The van der Waals surface area contributed by atoms with Gasteiger partial charge in [0.2, 0.25) is 5.91 Å². The minimum Gasteiger partial charge on any atom is -0.379 e. The second-order valence-corrected chi connectivity index (χ2v) is 5.96. The fourth-order valence-corrected chi connectivity index (χ4v) is 2.91. The Morgan fingerprint density at radius 1 is 1.50 bits per heavy atom. The highest BCUT2D eigenvalue weighted by atomic mass is 16.5. The summed E-state index contributed by atoms with van der Waals surface area (Å²) in [5.41, 5.74) is 0.514. The number of methoxy groups -OCH3 is 1. The summed E-state index contributed by atoms with van der Waals surface area (Å²) in [5, 5.41) is 8.12. The van der Waals surface area contributed by atoms with Gasteiger partial charge < -0.3 is 14.4 Å². The number of aryl methyl sites for hydroxylation is 1. The molecule has 0 unspecified atom stereocenters. The summed E-state index contributed by atoms with van der Waals surface area (Å²) >= 11 is 0. The largest absolute Gasteiger partial charge is 0.379 e. The van der Waals surface area contributed by atoms with Crippen LogP contribution in [0.3, 0.4) is 0 Å². The van der Waals surface area contributed by atoms with Crippen LogP contribution in [0, 0.1) is 5.41 Å². The second-order valence-electron chi connectivity index (χ2n) is 5.96. The lowest BCUT2D eigenvalue weighted by Gasteiger charge is -2.39. The molecule has 2 saturated heterocycles. The van der Waals surface area contributed by atoms with Crippen LogP contribution in [0.15, 0.2) is 6.20 Å². The first-order chi connectivity index (χ1) is 9.53. The van der Waals surface area contributed by atoms with E-state index in [1.54, 1.807) is 11.8 Å². The van der Waals surface area contributed by atoms with Crippen LogP contribution in [0.5, 0.6) is 0 Å².